The van der Waals surface area contributed by atoms with E-state index < -0.39 is 6.09 Å². The molecule has 1 N–H and O–H groups in total. The summed E-state index contributed by atoms with van der Waals surface area (Å²) in [6.07, 6.45) is 1.02. The van der Waals surface area contributed by atoms with Crippen LogP contribution in [0.3, 0.4) is 0 Å². The second-order valence-electron chi connectivity index (χ2n) is 5.62. The molecular weight excluding hydrogens is 310 g/mol. The summed E-state index contributed by atoms with van der Waals surface area (Å²) in [4.78, 5) is 27.3. The van der Waals surface area contributed by atoms with E-state index in [-0.39, 0.29) is 19.1 Å². The van der Waals surface area contributed by atoms with Crippen molar-refractivity contribution >= 4 is 12.0 Å². The van der Waals surface area contributed by atoms with Crippen LogP contribution in [0.25, 0.3) is 0 Å². The van der Waals surface area contributed by atoms with E-state index >= 15 is 0 Å². The van der Waals surface area contributed by atoms with Crippen LogP contribution in [0.1, 0.15) is 11.3 Å². The Kier molecular flexibility index (Phi) is 4.69. The number of piperazine rings is 1. The van der Waals surface area contributed by atoms with E-state index in [4.69, 9.17) is 4.74 Å². The number of hydrogen-bond donors (Lipinski definition) is 1. The molecule has 0 radical (unpaired) electrons. The number of benzene rings is 1. The van der Waals surface area contributed by atoms with Gasteiger partial charge >= 0.3 is 6.09 Å². The Bertz CT molecular complexity index is 714. The first kappa shape index (κ1) is 15.9. The first-order valence-electron chi connectivity index (χ1n) is 7.72. The number of hydrogen-bond acceptors (Lipinski definition) is 4. The highest BCUT2D eigenvalue weighted by atomic mass is 16.6. The number of aromatic nitrogens is 1. The van der Waals surface area contributed by atoms with Gasteiger partial charge in [0.25, 0.3) is 0 Å². The van der Waals surface area contributed by atoms with E-state index in [0.29, 0.717) is 25.3 Å². The maximum absolute atomic E-state index is 12.2. The monoisotopic (exact) mass is 329 g/mol. The van der Waals surface area contributed by atoms with Gasteiger partial charge in [-0.15, -0.1) is 0 Å². The van der Waals surface area contributed by atoms with E-state index in [9.17, 15) is 14.8 Å². The van der Waals surface area contributed by atoms with Crippen molar-refractivity contribution in [3.05, 3.63) is 59.9 Å². The van der Waals surface area contributed by atoms with Crippen molar-refractivity contribution < 1.29 is 19.5 Å². The molecule has 1 saturated heterocycles. The zero-order valence-electron chi connectivity index (χ0n) is 13.2. The number of nitrogens with zero attached hydrogens (tertiary/aromatic N) is 3. The maximum atomic E-state index is 12.2. The highest BCUT2D eigenvalue weighted by molar-refractivity contribution is 5.83. The molecule has 7 heteroatoms. The van der Waals surface area contributed by atoms with Crippen LogP contribution in [-0.4, -0.2) is 51.4 Å². The lowest BCUT2D eigenvalue weighted by Gasteiger charge is -2.33. The van der Waals surface area contributed by atoms with Crippen LogP contribution < -0.4 is 0 Å². The number of carbonyl (C=O) groups is 2. The number of rotatable bonds is 4. The van der Waals surface area contributed by atoms with Gasteiger partial charge < -0.3 is 14.8 Å². The van der Waals surface area contributed by atoms with Crippen molar-refractivity contribution in [3.8, 4) is 0 Å². The smallest absolute Gasteiger partial charge is 0.410 e. The van der Waals surface area contributed by atoms with Crippen LogP contribution in [-0.2, 0) is 22.7 Å². The van der Waals surface area contributed by atoms with Gasteiger partial charge in [-0.1, -0.05) is 30.3 Å². The predicted octanol–water partition coefficient (Wildman–Crippen LogP) is 1.71. The molecule has 0 atom stereocenters. The second kappa shape index (κ2) is 7.08. The van der Waals surface area contributed by atoms with Gasteiger partial charge in [0.1, 0.15) is 13.2 Å². The van der Waals surface area contributed by atoms with Crippen molar-refractivity contribution in [2.45, 2.75) is 13.2 Å². The van der Waals surface area contributed by atoms with Gasteiger partial charge in [0, 0.05) is 19.3 Å². The Morgan fingerprint density at radius 1 is 1.12 bits per heavy atom. The molecule has 1 aliphatic heterocycles. The van der Waals surface area contributed by atoms with Crippen LogP contribution in [0.15, 0.2) is 48.7 Å². The molecule has 7 nitrogen and oxygen atoms in total. The molecule has 2 aromatic rings. The molecule has 24 heavy (non-hydrogen) atoms. The highest BCUT2D eigenvalue weighted by Crippen LogP contribution is 2.11. The number of ether oxygens (including phenoxy) is 1. The van der Waals surface area contributed by atoms with Gasteiger partial charge in [-0.3, -0.25) is 9.69 Å². The van der Waals surface area contributed by atoms with E-state index in [1.165, 1.54) is 11.1 Å². The zero-order chi connectivity index (χ0) is 16.9. The fourth-order valence-electron chi connectivity index (χ4n) is 2.57. The summed E-state index contributed by atoms with van der Waals surface area (Å²) < 4.78 is 6.24. The van der Waals surface area contributed by atoms with Crippen molar-refractivity contribution in [2.24, 2.45) is 0 Å². The molecule has 0 bridgehead atoms. The Balaban J connectivity index is 1.50. The minimum atomic E-state index is -0.489. The Morgan fingerprint density at radius 3 is 2.58 bits per heavy atom. The molecule has 1 aromatic heterocycles. The normalized spacial score (nSPS) is 14.8. The van der Waals surface area contributed by atoms with Crippen LogP contribution in [0.2, 0.25) is 0 Å². The lowest BCUT2D eigenvalue weighted by Crippen LogP contribution is -2.52. The van der Waals surface area contributed by atoms with Gasteiger partial charge in [-0.05, 0) is 17.7 Å². The van der Waals surface area contributed by atoms with Crippen LogP contribution in [0.5, 0.6) is 0 Å². The third-order valence-corrected chi connectivity index (χ3v) is 3.95. The summed E-state index contributed by atoms with van der Waals surface area (Å²) in [7, 11) is 0. The molecular formula is C17H19N3O4. The van der Waals surface area contributed by atoms with Crippen molar-refractivity contribution in [3.63, 3.8) is 0 Å². The summed E-state index contributed by atoms with van der Waals surface area (Å²) in [5, 5.41) is 9.58. The largest absolute Gasteiger partial charge is 0.445 e. The molecule has 0 spiro atoms. The summed E-state index contributed by atoms with van der Waals surface area (Å²) in [6.45, 7) is 1.30. The van der Waals surface area contributed by atoms with Gasteiger partial charge in [0.2, 0.25) is 5.91 Å². The van der Waals surface area contributed by atoms with Crippen molar-refractivity contribution in [1.82, 2.24) is 14.5 Å². The zero-order valence-corrected chi connectivity index (χ0v) is 13.2. The first-order valence-corrected chi connectivity index (χ1v) is 7.72. The Labute approximate surface area is 139 Å². The minimum Gasteiger partial charge on any atom is -0.445 e. The standard InChI is InChI=1S/C17H19N3O4/c21-16-12-19(17(22)24-13-14-5-2-1-3-6-14)10-9-18(16)11-15-7-4-8-20(15)23/h1-8,23H,9-13H2. The number of carbonyl (C=O) groups excluding carboxylic acids is 2. The highest BCUT2D eigenvalue weighted by Gasteiger charge is 2.28. The topological polar surface area (TPSA) is 75.0 Å². The number of amides is 2. The lowest BCUT2D eigenvalue weighted by molar-refractivity contribution is -0.136. The van der Waals surface area contributed by atoms with Crippen molar-refractivity contribution in [2.75, 3.05) is 19.6 Å². The molecule has 126 valence electrons. The SMILES string of the molecule is O=C1CN(C(=O)OCc2ccccc2)CCN1Cc1cccn1O. The molecule has 1 aliphatic rings. The van der Waals surface area contributed by atoms with Crippen LogP contribution >= 0.6 is 0 Å². The summed E-state index contributed by atoms with van der Waals surface area (Å²) in [5.74, 6) is -0.167. The average Bonchev–Trinajstić information content (AvgIpc) is 3.00. The van der Waals surface area contributed by atoms with Gasteiger partial charge in [0.05, 0.1) is 12.2 Å². The third kappa shape index (κ3) is 3.68. The molecule has 1 fully saturated rings. The lowest BCUT2D eigenvalue weighted by atomic mass is 10.2. The third-order valence-electron chi connectivity index (χ3n) is 3.95. The molecule has 2 heterocycles. The Morgan fingerprint density at radius 2 is 1.92 bits per heavy atom. The first-order chi connectivity index (χ1) is 11.6. The summed E-state index contributed by atoms with van der Waals surface area (Å²) >= 11 is 0. The molecule has 0 saturated carbocycles. The van der Waals surface area contributed by atoms with Crippen molar-refractivity contribution in [1.29, 1.82) is 0 Å². The predicted molar refractivity (Wildman–Crippen MR) is 85.2 cm³/mol. The molecule has 3 rings (SSSR count). The Hall–Kier alpha value is -2.96. The molecule has 2 amide bonds. The van der Waals surface area contributed by atoms with Gasteiger partial charge in [-0.25, -0.2) is 4.79 Å². The van der Waals surface area contributed by atoms with Crippen LogP contribution in [0.4, 0.5) is 4.79 Å². The second-order valence-corrected chi connectivity index (χ2v) is 5.62. The fourth-order valence-corrected chi connectivity index (χ4v) is 2.57. The van der Waals surface area contributed by atoms with E-state index in [2.05, 4.69) is 0 Å². The van der Waals surface area contributed by atoms with Gasteiger partial charge in [0.15, 0.2) is 0 Å². The van der Waals surface area contributed by atoms with Crippen LogP contribution in [0, 0.1) is 0 Å². The van der Waals surface area contributed by atoms with E-state index in [1.54, 1.807) is 17.0 Å². The maximum Gasteiger partial charge on any atom is 0.410 e. The molecule has 0 unspecified atom stereocenters. The van der Waals surface area contributed by atoms with E-state index in [0.717, 1.165) is 10.3 Å². The fraction of sp³-hybridized carbons (Fsp3) is 0.294. The van der Waals surface area contributed by atoms with E-state index in [1.807, 2.05) is 30.3 Å². The summed E-state index contributed by atoms with van der Waals surface area (Å²) in [6, 6.07) is 12.8. The van der Waals surface area contributed by atoms with Gasteiger partial charge in [-0.2, -0.15) is 4.73 Å². The quantitative estimate of drug-likeness (QED) is 0.867. The summed E-state index contributed by atoms with van der Waals surface area (Å²) in [5.41, 5.74) is 1.53. The minimum absolute atomic E-state index is 0.0141. The average molecular weight is 329 g/mol. The molecule has 0 aliphatic carbocycles. The molecule has 1 aromatic carbocycles.